The molecular weight excluding hydrogens is 351 g/mol. The molecule has 0 heterocycles. The van der Waals surface area contributed by atoms with Gasteiger partial charge in [-0.3, -0.25) is 9.59 Å². The van der Waals surface area contributed by atoms with Crippen LogP contribution in [0.15, 0.2) is 42.5 Å². The van der Waals surface area contributed by atoms with Crippen LogP contribution < -0.4 is 20.1 Å². The standard InChI is InChI=1S/C20H23FN2O4/c1-26-17-8-7-14(11-18(17)27-2)9-10-22-19(24)12-20(25)23-13-15-5-3-4-6-16(15)21/h3-8,11H,9-10,12-13H2,1-2H3,(H,22,24)(H,23,25). The van der Waals surface area contributed by atoms with Crippen LogP contribution in [0.3, 0.4) is 0 Å². The van der Waals surface area contributed by atoms with Crippen LogP contribution in [0, 0.1) is 5.82 Å². The second-order valence-corrected chi connectivity index (χ2v) is 5.83. The van der Waals surface area contributed by atoms with E-state index in [4.69, 9.17) is 9.47 Å². The fourth-order valence-electron chi connectivity index (χ4n) is 2.49. The SMILES string of the molecule is COc1ccc(CCNC(=O)CC(=O)NCc2ccccc2F)cc1OC. The first kappa shape index (κ1) is 20.2. The molecule has 2 amide bonds. The number of hydrogen-bond donors (Lipinski definition) is 2. The van der Waals surface area contributed by atoms with E-state index in [1.54, 1.807) is 38.5 Å². The predicted octanol–water partition coefficient (Wildman–Crippen LogP) is 2.21. The lowest BCUT2D eigenvalue weighted by molar-refractivity contribution is -0.129. The Balaban J connectivity index is 1.73. The van der Waals surface area contributed by atoms with Gasteiger partial charge in [0.2, 0.25) is 11.8 Å². The minimum atomic E-state index is -0.457. The van der Waals surface area contributed by atoms with Crippen LogP contribution in [0.1, 0.15) is 17.5 Å². The summed E-state index contributed by atoms with van der Waals surface area (Å²) in [6.45, 7) is 0.430. The van der Waals surface area contributed by atoms with Crippen LogP contribution in [-0.2, 0) is 22.6 Å². The lowest BCUT2D eigenvalue weighted by atomic mass is 10.1. The largest absolute Gasteiger partial charge is 0.493 e. The zero-order valence-electron chi connectivity index (χ0n) is 15.4. The topological polar surface area (TPSA) is 76.7 Å². The van der Waals surface area contributed by atoms with Gasteiger partial charge in [0, 0.05) is 18.7 Å². The second-order valence-electron chi connectivity index (χ2n) is 5.83. The number of rotatable bonds is 9. The highest BCUT2D eigenvalue weighted by Gasteiger charge is 2.10. The summed E-state index contributed by atoms with van der Waals surface area (Å²) in [7, 11) is 3.12. The molecule has 144 valence electrons. The number of halogens is 1. The third kappa shape index (κ3) is 6.29. The van der Waals surface area contributed by atoms with E-state index in [9.17, 15) is 14.0 Å². The molecule has 2 N–H and O–H groups in total. The van der Waals surface area contributed by atoms with Crippen LogP contribution in [0.5, 0.6) is 11.5 Å². The van der Waals surface area contributed by atoms with Gasteiger partial charge in [0.1, 0.15) is 12.2 Å². The maximum absolute atomic E-state index is 13.5. The average molecular weight is 374 g/mol. The second kappa shape index (κ2) is 10.2. The third-order valence-electron chi connectivity index (χ3n) is 3.94. The lowest BCUT2D eigenvalue weighted by Gasteiger charge is -2.10. The van der Waals surface area contributed by atoms with Crippen molar-refractivity contribution in [2.24, 2.45) is 0 Å². The van der Waals surface area contributed by atoms with Gasteiger partial charge in [0.05, 0.1) is 14.2 Å². The molecule has 0 unspecified atom stereocenters. The minimum Gasteiger partial charge on any atom is -0.493 e. The van der Waals surface area contributed by atoms with Gasteiger partial charge in [-0.05, 0) is 30.2 Å². The monoisotopic (exact) mass is 374 g/mol. The number of ether oxygens (including phenoxy) is 2. The van der Waals surface area contributed by atoms with E-state index < -0.39 is 11.7 Å². The van der Waals surface area contributed by atoms with E-state index in [-0.39, 0.29) is 18.9 Å². The Morgan fingerprint density at radius 2 is 1.67 bits per heavy atom. The normalized spacial score (nSPS) is 10.2. The van der Waals surface area contributed by atoms with Crippen molar-refractivity contribution in [2.75, 3.05) is 20.8 Å². The third-order valence-corrected chi connectivity index (χ3v) is 3.94. The summed E-state index contributed by atoms with van der Waals surface area (Å²) in [4.78, 5) is 23.7. The summed E-state index contributed by atoms with van der Waals surface area (Å²) >= 11 is 0. The molecule has 0 radical (unpaired) electrons. The molecule has 0 aliphatic rings. The highest BCUT2D eigenvalue weighted by molar-refractivity contribution is 5.96. The molecule has 0 aliphatic carbocycles. The molecule has 0 spiro atoms. The van der Waals surface area contributed by atoms with Gasteiger partial charge in [-0.2, -0.15) is 0 Å². The highest BCUT2D eigenvalue weighted by atomic mass is 19.1. The van der Waals surface area contributed by atoms with E-state index in [0.29, 0.717) is 30.0 Å². The smallest absolute Gasteiger partial charge is 0.229 e. The first-order valence-corrected chi connectivity index (χ1v) is 8.51. The van der Waals surface area contributed by atoms with Crippen molar-refractivity contribution in [3.63, 3.8) is 0 Å². The first-order valence-electron chi connectivity index (χ1n) is 8.51. The molecule has 0 saturated carbocycles. The molecule has 7 heteroatoms. The molecule has 2 aromatic carbocycles. The van der Waals surface area contributed by atoms with E-state index in [1.165, 1.54) is 6.07 Å². The van der Waals surface area contributed by atoms with Gasteiger partial charge in [0.15, 0.2) is 11.5 Å². The zero-order valence-corrected chi connectivity index (χ0v) is 15.4. The van der Waals surface area contributed by atoms with Crippen molar-refractivity contribution in [2.45, 2.75) is 19.4 Å². The van der Waals surface area contributed by atoms with Gasteiger partial charge < -0.3 is 20.1 Å². The average Bonchev–Trinajstić information content (AvgIpc) is 2.67. The minimum absolute atomic E-state index is 0.0461. The van der Waals surface area contributed by atoms with E-state index in [0.717, 1.165) is 5.56 Å². The quantitative estimate of drug-likeness (QED) is 0.660. The van der Waals surface area contributed by atoms with Gasteiger partial charge in [-0.1, -0.05) is 24.3 Å². The number of amides is 2. The Morgan fingerprint density at radius 3 is 2.37 bits per heavy atom. The van der Waals surface area contributed by atoms with Crippen LogP contribution in [0.25, 0.3) is 0 Å². The summed E-state index contributed by atoms with van der Waals surface area (Å²) in [5.74, 6) is 0.0196. The highest BCUT2D eigenvalue weighted by Crippen LogP contribution is 2.27. The molecule has 2 aromatic rings. The van der Waals surface area contributed by atoms with E-state index in [1.807, 2.05) is 12.1 Å². The van der Waals surface area contributed by atoms with Gasteiger partial charge in [-0.25, -0.2) is 4.39 Å². The Morgan fingerprint density at radius 1 is 0.963 bits per heavy atom. The number of methoxy groups -OCH3 is 2. The van der Waals surface area contributed by atoms with Crippen LogP contribution in [-0.4, -0.2) is 32.6 Å². The molecular formula is C20H23FN2O4. The Bertz CT molecular complexity index is 795. The number of nitrogens with one attached hydrogen (secondary N) is 2. The number of benzene rings is 2. The van der Waals surface area contributed by atoms with Gasteiger partial charge in [0.25, 0.3) is 0 Å². The molecule has 0 fully saturated rings. The van der Waals surface area contributed by atoms with E-state index in [2.05, 4.69) is 10.6 Å². The molecule has 27 heavy (non-hydrogen) atoms. The zero-order chi connectivity index (χ0) is 19.6. The maximum Gasteiger partial charge on any atom is 0.229 e. The molecule has 2 rings (SSSR count). The maximum atomic E-state index is 13.5. The van der Waals surface area contributed by atoms with Gasteiger partial charge in [-0.15, -0.1) is 0 Å². The van der Waals surface area contributed by atoms with Crippen molar-refractivity contribution in [3.05, 3.63) is 59.4 Å². The summed E-state index contributed by atoms with van der Waals surface area (Å²) in [5, 5.41) is 5.23. The van der Waals surface area contributed by atoms with Crippen LogP contribution in [0.4, 0.5) is 4.39 Å². The summed E-state index contributed by atoms with van der Waals surface area (Å²) in [6.07, 6.45) is 0.281. The number of carbonyl (C=O) groups excluding carboxylic acids is 2. The predicted molar refractivity (Wildman–Crippen MR) is 99.1 cm³/mol. The van der Waals surface area contributed by atoms with Crippen molar-refractivity contribution in [1.29, 1.82) is 0 Å². The number of hydrogen-bond acceptors (Lipinski definition) is 4. The Kier molecular flexibility index (Phi) is 7.61. The van der Waals surface area contributed by atoms with Crippen molar-refractivity contribution < 1.29 is 23.5 Å². The Labute approximate surface area is 157 Å². The van der Waals surface area contributed by atoms with Crippen molar-refractivity contribution in [1.82, 2.24) is 10.6 Å². The summed E-state index contributed by atoms with van der Waals surface area (Å²) in [6, 6.07) is 11.7. The Hall–Kier alpha value is -3.09. The molecule has 0 bridgehead atoms. The molecule has 0 atom stereocenters. The molecule has 0 saturated heterocycles. The first-order chi connectivity index (χ1) is 13.0. The molecule has 0 aliphatic heterocycles. The van der Waals surface area contributed by atoms with Crippen LogP contribution in [0.2, 0.25) is 0 Å². The van der Waals surface area contributed by atoms with Crippen LogP contribution >= 0.6 is 0 Å². The summed E-state index contributed by atoms with van der Waals surface area (Å²) < 4.78 is 23.9. The van der Waals surface area contributed by atoms with E-state index >= 15 is 0 Å². The van der Waals surface area contributed by atoms with Gasteiger partial charge >= 0.3 is 0 Å². The van der Waals surface area contributed by atoms with Crippen molar-refractivity contribution in [3.8, 4) is 11.5 Å². The number of carbonyl (C=O) groups is 2. The molecule has 0 aromatic heterocycles. The fraction of sp³-hybridized carbons (Fsp3) is 0.300. The molecule has 6 nitrogen and oxygen atoms in total. The van der Waals surface area contributed by atoms with Crippen molar-refractivity contribution >= 4 is 11.8 Å². The summed E-state index contributed by atoms with van der Waals surface area (Å²) in [5.41, 5.74) is 1.34. The fourth-order valence-corrected chi connectivity index (χ4v) is 2.49. The lowest BCUT2D eigenvalue weighted by Crippen LogP contribution is -2.32.